The summed E-state index contributed by atoms with van der Waals surface area (Å²) in [6.07, 6.45) is 2.00. The minimum Gasteiger partial charge on any atom is -0.462 e. The number of furan rings is 1. The summed E-state index contributed by atoms with van der Waals surface area (Å²) >= 11 is 1.11. The van der Waals surface area contributed by atoms with Crippen molar-refractivity contribution in [2.75, 3.05) is 0 Å². The number of rotatable bonds is 2. The molecule has 1 fully saturated rings. The van der Waals surface area contributed by atoms with Gasteiger partial charge in [0.2, 0.25) is 6.41 Å². The molecule has 0 aromatic carbocycles. The fraction of sp³-hybridized carbons (Fsp3) is 0.100. The van der Waals surface area contributed by atoms with Gasteiger partial charge in [0.15, 0.2) is 5.17 Å². The summed E-state index contributed by atoms with van der Waals surface area (Å²) in [6, 6.07) is 3.58. The first-order valence-corrected chi connectivity index (χ1v) is 5.29. The molecule has 1 saturated heterocycles. The zero-order valence-electron chi connectivity index (χ0n) is 8.39. The quantitative estimate of drug-likeness (QED) is 0.620. The van der Waals surface area contributed by atoms with Gasteiger partial charge in [-0.15, -0.1) is 0 Å². The van der Waals surface area contributed by atoms with Crippen LogP contribution in [0.4, 0.5) is 0 Å². The number of carbonyl (C=O) groups excluding carboxylic acids is 2. The van der Waals surface area contributed by atoms with E-state index in [1.807, 2.05) is 13.0 Å². The first-order valence-electron chi connectivity index (χ1n) is 4.48. The molecule has 0 unspecified atom stereocenters. The summed E-state index contributed by atoms with van der Waals surface area (Å²) in [6.45, 7) is 1.82. The first kappa shape index (κ1) is 10.7. The molecule has 5 nitrogen and oxygen atoms in total. The van der Waals surface area contributed by atoms with Crippen LogP contribution in [0.2, 0.25) is 0 Å². The van der Waals surface area contributed by atoms with E-state index in [1.165, 1.54) is 0 Å². The molecule has 0 atom stereocenters. The highest BCUT2D eigenvalue weighted by molar-refractivity contribution is 8.18. The van der Waals surface area contributed by atoms with Gasteiger partial charge in [-0.25, -0.2) is 0 Å². The van der Waals surface area contributed by atoms with Crippen LogP contribution in [0.3, 0.4) is 0 Å². The van der Waals surface area contributed by atoms with Gasteiger partial charge in [-0.1, -0.05) is 0 Å². The molecule has 1 N–H and O–H groups in total. The molecule has 2 rings (SSSR count). The number of nitrogens with one attached hydrogen (secondary N) is 1. The Labute approximate surface area is 95.6 Å². The van der Waals surface area contributed by atoms with E-state index < -0.39 is 0 Å². The lowest BCUT2D eigenvalue weighted by atomic mass is 10.4. The molecule has 16 heavy (non-hydrogen) atoms. The van der Waals surface area contributed by atoms with Gasteiger partial charge in [-0.3, -0.25) is 9.59 Å². The van der Waals surface area contributed by atoms with Crippen molar-refractivity contribution < 1.29 is 14.0 Å². The summed E-state index contributed by atoms with van der Waals surface area (Å²) in [4.78, 5) is 25.5. The van der Waals surface area contributed by atoms with Crippen molar-refractivity contribution in [2.24, 2.45) is 4.99 Å². The average molecular weight is 236 g/mol. The largest absolute Gasteiger partial charge is 0.462 e. The van der Waals surface area contributed by atoms with Crippen molar-refractivity contribution in [3.63, 3.8) is 0 Å². The van der Waals surface area contributed by atoms with E-state index in [4.69, 9.17) is 4.42 Å². The van der Waals surface area contributed by atoms with Crippen molar-refractivity contribution in [3.05, 3.63) is 28.6 Å². The molecule has 0 aliphatic carbocycles. The Morgan fingerprint density at radius 1 is 1.50 bits per heavy atom. The summed E-state index contributed by atoms with van der Waals surface area (Å²) < 4.78 is 5.31. The van der Waals surface area contributed by atoms with E-state index in [0.717, 1.165) is 17.5 Å². The normalized spacial score (nSPS) is 20.4. The molecule has 2 heterocycles. The average Bonchev–Trinajstić information content (AvgIpc) is 2.76. The Kier molecular flexibility index (Phi) is 2.91. The number of nitrogens with zero attached hydrogens (tertiary/aromatic N) is 1. The SMILES string of the molecule is Cc1ccc(C=C2SC(=NC=O)NC2=O)o1. The summed E-state index contributed by atoms with van der Waals surface area (Å²) in [5.41, 5.74) is 0. The van der Waals surface area contributed by atoms with Gasteiger partial charge in [-0.2, -0.15) is 4.99 Å². The molecule has 2 amide bonds. The number of hydrogen-bond acceptors (Lipinski definition) is 4. The minimum absolute atomic E-state index is 0.278. The number of aliphatic imine (C=N–C) groups is 1. The second kappa shape index (κ2) is 4.36. The van der Waals surface area contributed by atoms with Crippen molar-refractivity contribution in [2.45, 2.75) is 6.92 Å². The van der Waals surface area contributed by atoms with Crippen molar-refractivity contribution >= 4 is 35.3 Å². The van der Waals surface area contributed by atoms with Gasteiger partial charge in [0.05, 0.1) is 4.91 Å². The topological polar surface area (TPSA) is 71.7 Å². The zero-order chi connectivity index (χ0) is 11.5. The second-order valence-corrected chi connectivity index (χ2v) is 4.08. The molecule has 6 heteroatoms. The molecule has 1 aromatic rings. The van der Waals surface area contributed by atoms with Gasteiger partial charge < -0.3 is 9.73 Å². The fourth-order valence-electron chi connectivity index (χ4n) is 1.20. The van der Waals surface area contributed by atoms with Crippen molar-refractivity contribution in [1.82, 2.24) is 5.32 Å². The van der Waals surface area contributed by atoms with Crippen LogP contribution in [0.5, 0.6) is 0 Å². The summed E-state index contributed by atoms with van der Waals surface area (Å²) in [5.74, 6) is 1.10. The van der Waals surface area contributed by atoms with Gasteiger partial charge in [0.1, 0.15) is 11.5 Å². The lowest BCUT2D eigenvalue weighted by Crippen LogP contribution is -2.19. The van der Waals surface area contributed by atoms with Crippen molar-refractivity contribution in [1.29, 1.82) is 0 Å². The predicted molar refractivity (Wildman–Crippen MR) is 60.7 cm³/mol. The number of hydrogen-bond donors (Lipinski definition) is 1. The Bertz CT molecular complexity index is 502. The van der Waals surface area contributed by atoms with Crippen LogP contribution in [-0.4, -0.2) is 17.5 Å². The van der Waals surface area contributed by atoms with E-state index in [0.29, 0.717) is 17.1 Å². The molecule has 82 valence electrons. The number of carbonyl (C=O) groups is 2. The number of aryl methyl sites for hydroxylation is 1. The van der Waals surface area contributed by atoms with Gasteiger partial charge in [0.25, 0.3) is 5.91 Å². The highest BCUT2D eigenvalue weighted by Crippen LogP contribution is 2.26. The molecule has 0 saturated carbocycles. The van der Waals surface area contributed by atoms with E-state index >= 15 is 0 Å². The zero-order valence-corrected chi connectivity index (χ0v) is 9.21. The summed E-state index contributed by atoms with van der Waals surface area (Å²) in [5, 5.41) is 2.75. The number of amides is 2. The smallest absolute Gasteiger partial charge is 0.264 e. The van der Waals surface area contributed by atoms with E-state index in [9.17, 15) is 9.59 Å². The molecule has 1 aliphatic heterocycles. The number of thioether (sulfide) groups is 1. The van der Waals surface area contributed by atoms with Crippen LogP contribution in [0.25, 0.3) is 6.08 Å². The van der Waals surface area contributed by atoms with Crippen LogP contribution in [0.1, 0.15) is 11.5 Å². The lowest BCUT2D eigenvalue weighted by molar-refractivity contribution is -0.115. The minimum atomic E-state index is -0.278. The first-order chi connectivity index (χ1) is 7.69. The molecule has 0 spiro atoms. The Morgan fingerprint density at radius 3 is 2.94 bits per heavy atom. The van der Waals surface area contributed by atoms with E-state index in [2.05, 4.69) is 10.3 Å². The number of amidine groups is 1. The molecule has 0 bridgehead atoms. The Hall–Kier alpha value is -1.82. The highest BCUT2D eigenvalue weighted by atomic mass is 32.2. The molecular weight excluding hydrogens is 228 g/mol. The maximum atomic E-state index is 11.4. The maximum absolute atomic E-state index is 11.4. The predicted octanol–water partition coefficient (Wildman–Crippen LogP) is 1.30. The highest BCUT2D eigenvalue weighted by Gasteiger charge is 2.23. The second-order valence-electron chi connectivity index (χ2n) is 3.05. The van der Waals surface area contributed by atoms with Gasteiger partial charge in [0, 0.05) is 6.08 Å². The third-order valence-electron chi connectivity index (χ3n) is 1.86. The molecular formula is C10H8N2O3S. The van der Waals surface area contributed by atoms with Gasteiger partial charge >= 0.3 is 0 Å². The fourth-order valence-corrected chi connectivity index (χ4v) is 1.96. The maximum Gasteiger partial charge on any atom is 0.264 e. The van der Waals surface area contributed by atoms with Crippen LogP contribution in [0, 0.1) is 6.92 Å². The monoisotopic (exact) mass is 236 g/mol. The van der Waals surface area contributed by atoms with Crippen LogP contribution in [0.15, 0.2) is 26.4 Å². The van der Waals surface area contributed by atoms with E-state index in [-0.39, 0.29) is 11.1 Å². The lowest BCUT2D eigenvalue weighted by Gasteiger charge is -1.88. The molecule has 0 radical (unpaired) electrons. The Morgan fingerprint density at radius 2 is 2.31 bits per heavy atom. The van der Waals surface area contributed by atoms with Crippen molar-refractivity contribution in [3.8, 4) is 0 Å². The Balaban J connectivity index is 2.23. The molecule has 1 aromatic heterocycles. The molecule has 1 aliphatic rings. The summed E-state index contributed by atoms with van der Waals surface area (Å²) in [7, 11) is 0. The van der Waals surface area contributed by atoms with Crippen LogP contribution < -0.4 is 5.32 Å². The van der Waals surface area contributed by atoms with Crippen LogP contribution >= 0.6 is 11.8 Å². The standard InChI is InChI=1S/C10H8N2O3S/c1-6-2-3-7(15-6)4-8-9(14)12-10(16-8)11-5-13/h2-5H,1H3,(H,11,12,13,14). The third-order valence-corrected chi connectivity index (χ3v) is 2.78. The third kappa shape index (κ3) is 2.22. The van der Waals surface area contributed by atoms with Crippen LogP contribution in [-0.2, 0) is 9.59 Å². The van der Waals surface area contributed by atoms with E-state index in [1.54, 1.807) is 12.1 Å². The van der Waals surface area contributed by atoms with Gasteiger partial charge in [-0.05, 0) is 30.8 Å².